The van der Waals surface area contributed by atoms with E-state index in [-0.39, 0.29) is 12.5 Å². The molecule has 1 fully saturated rings. The van der Waals surface area contributed by atoms with E-state index in [0.29, 0.717) is 25.3 Å². The average Bonchev–Trinajstić information content (AvgIpc) is 2.94. The van der Waals surface area contributed by atoms with Crippen LogP contribution in [0, 0.1) is 0 Å². The van der Waals surface area contributed by atoms with Crippen LogP contribution in [0.4, 0.5) is 0 Å². The zero-order valence-corrected chi connectivity index (χ0v) is 12.5. The first-order chi connectivity index (χ1) is 9.93. The number of likely N-dealkylation sites (tertiary alicyclic amines) is 1. The molecule has 1 aromatic heterocycles. The maximum Gasteiger partial charge on any atom is 0.323 e. The molecule has 0 aliphatic carbocycles. The summed E-state index contributed by atoms with van der Waals surface area (Å²) in [7, 11) is 1.70. The Morgan fingerprint density at radius 3 is 2.86 bits per heavy atom. The van der Waals surface area contributed by atoms with Gasteiger partial charge in [0.1, 0.15) is 11.3 Å². The molecule has 1 amide bonds. The quantitative estimate of drug-likeness (QED) is 0.892. The summed E-state index contributed by atoms with van der Waals surface area (Å²) in [5.74, 6) is -0.241. The number of carboxylic acids is 1. The Morgan fingerprint density at radius 2 is 2.24 bits per heavy atom. The smallest absolute Gasteiger partial charge is 0.323 e. The molecule has 0 saturated carbocycles. The number of hydrogen-bond acceptors (Lipinski definition) is 4. The second-order valence-electron chi connectivity index (χ2n) is 5.79. The van der Waals surface area contributed by atoms with Crippen molar-refractivity contribution in [2.75, 3.05) is 20.1 Å². The van der Waals surface area contributed by atoms with E-state index in [1.54, 1.807) is 36.1 Å². The molecular formula is C15H22N2O4. The molecule has 1 aliphatic rings. The molecule has 2 heterocycles. The Hall–Kier alpha value is -1.82. The largest absolute Gasteiger partial charge is 0.480 e. The van der Waals surface area contributed by atoms with Crippen LogP contribution in [0.15, 0.2) is 22.8 Å². The van der Waals surface area contributed by atoms with Crippen LogP contribution in [0.5, 0.6) is 0 Å². The molecule has 1 N–H and O–H groups in total. The van der Waals surface area contributed by atoms with Crippen LogP contribution in [-0.2, 0) is 16.1 Å². The van der Waals surface area contributed by atoms with Gasteiger partial charge in [-0.2, -0.15) is 0 Å². The van der Waals surface area contributed by atoms with Crippen LogP contribution >= 0.6 is 0 Å². The minimum absolute atomic E-state index is 0.0965. The topological polar surface area (TPSA) is 74.0 Å². The van der Waals surface area contributed by atoms with Crippen molar-refractivity contribution < 1.29 is 19.1 Å². The maximum atomic E-state index is 12.3. The van der Waals surface area contributed by atoms with Gasteiger partial charge in [-0.05, 0) is 44.9 Å². The molecular weight excluding hydrogens is 272 g/mol. The predicted octanol–water partition coefficient (Wildman–Crippen LogP) is 1.57. The van der Waals surface area contributed by atoms with E-state index < -0.39 is 11.5 Å². The molecule has 116 valence electrons. The summed E-state index contributed by atoms with van der Waals surface area (Å²) in [6.07, 6.45) is 3.96. The third kappa shape index (κ3) is 3.44. The summed E-state index contributed by atoms with van der Waals surface area (Å²) in [5, 5.41) is 9.45. The summed E-state index contributed by atoms with van der Waals surface area (Å²) < 4.78 is 5.22. The Labute approximate surface area is 124 Å². The van der Waals surface area contributed by atoms with E-state index in [2.05, 4.69) is 0 Å². The van der Waals surface area contributed by atoms with E-state index in [4.69, 9.17) is 4.42 Å². The van der Waals surface area contributed by atoms with Crippen molar-refractivity contribution in [2.45, 2.75) is 38.3 Å². The van der Waals surface area contributed by atoms with E-state index in [9.17, 15) is 14.7 Å². The monoisotopic (exact) mass is 294 g/mol. The fourth-order valence-corrected chi connectivity index (χ4v) is 2.68. The van der Waals surface area contributed by atoms with Crippen molar-refractivity contribution >= 4 is 11.9 Å². The lowest BCUT2D eigenvalue weighted by Gasteiger charge is -2.41. The van der Waals surface area contributed by atoms with Gasteiger partial charge in [0.25, 0.3) is 0 Å². The number of hydrogen-bond donors (Lipinski definition) is 1. The second kappa shape index (κ2) is 6.30. The summed E-state index contributed by atoms with van der Waals surface area (Å²) in [5.41, 5.74) is -0.945. The molecule has 1 aliphatic heterocycles. The SMILES string of the molecule is CN(Cc1ccco1)C(=O)CN1CCCCC1(C)C(=O)O. The molecule has 0 aromatic carbocycles. The van der Waals surface area contributed by atoms with E-state index >= 15 is 0 Å². The van der Waals surface area contributed by atoms with Gasteiger partial charge in [0.15, 0.2) is 0 Å². The highest BCUT2D eigenvalue weighted by Crippen LogP contribution is 2.28. The number of amides is 1. The molecule has 0 radical (unpaired) electrons. The van der Waals surface area contributed by atoms with Crippen molar-refractivity contribution in [1.82, 2.24) is 9.80 Å². The van der Waals surface area contributed by atoms with Gasteiger partial charge in [0.05, 0.1) is 19.4 Å². The Kier molecular flexibility index (Phi) is 4.67. The van der Waals surface area contributed by atoms with E-state index in [1.807, 2.05) is 6.07 Å². The van der Waals surface area contributed by atoms with E-state index in [1.165, 1.54) is 0 Å². The summed E-state index contributed by atoms with van der Waals surface area (Å²) in [4.78, 5) is 27.2. The molecule has 0 bridgehead atoms. The third-order valence-electron chi connectivity index (χ3n) is 4.23. The number of furan rings is 1. The summed E-state index contributed by atoms with van der Waals surface area (Å²) in [6, 6.07) is 3.59. The number of nitrogens with zero attached hydrogens (tertiary/aromatic N) is 2. The van der Waals surface area contributed by atoms with Crippen LogP contribution in [-0.4, -0.2) is 52.5 Å². The van der Waals surface area contributed by atoms with Gasteiger partial charge in [-0.15, -0.1) is 0 Å². The Balaban J connectivity index is 1.98. The molecule has 21 heavy (non-hydrogen) atoms. The maximum absolute atomic E-state index is 12.3. The van der Waals surface area contributed by atoms with Gasteiger partial charge < -0.3 is 14.4 Å². The zero-order valence-electron chi connectivity index (χ0n) is 12.5. The van der Waals surface area contributed by atoms with Gasteiger partial charge in [-0.3, -0.25) is 14.5 Å². The fraction of sp³-hybridized carbons (Fsp3) is 0.600. The first-order valence-electron chi connectivity index (χ1n) is 7.18. The first kappa shape index (κ1) is 15.6. The molecule has 1 aromatic rings. The van der Waals surface area contributed by atoms with Crippen LogP contribution in [0.1, 0.15) is 31.9 Å². The summed E-state index contributed by atoms with van der Waals surface area (Å²) in [6.45, 7) is 2.86. The van der Waals surface area contributed by atoms with Crippen molar-refractivity contribution in [3.05, 3.63) is 24.2 Å². The van der Waals surface area contributed by atoms with Crippen molar-refractivity contribution in [3.8, 4) is 0 Å². The van der Waals surface area contributed by atoms with Crippen LogP contribution in [0.3, 0.4) is 0 Å². The van der Waals surface area contributed by atoms with Crippen molar-refractivity contribution in [3.63, 3.8) is 0 Å². The van der Waals surface area contributed by atoms with Crippen LogP contribution in [0.2, 0.25) is 0 Å². The van der Waals surface area contributed by atoms with Gasteiger partial charge in [0, 0.05) is 7.05 Å². The highest BCUT2D eigenvalue weighted by Gasteiger charge is 2.42. The zero-order chi connectivity index (χ0) is 15.5. The molecule has 6 heteroatoms. The van der Waals surface area contributed by atoms with Gasteiger partial charge in [0.2, 0.25) is 5.91 Å². The minimum atomic E-state index is -0.945. The number of rotatable bonds is 5. The number of carbonyl (C=O) groups is 2. The Morgan fingerprint density at radius 1 is 1.48 bits per heavy atom. The van der Waals surface area contributed by atoms with Crippen molar-refractivity contribution in [1.29, 1.82) is 0 Å². The van der Waals surface area contributed by atoms with Crippen molar-refractivity contribution in [2.24, 2.45) is 0 Å². The van der Waals surface area contributed by atoms with Gasteiger partial charge in [-0.1, -0.05) is 0 Å². The number of carbonyl (C=O) groups excluding carboxylic acids is 1. The molecule has 2 rings (SSSR count). The number of likely N-dealkylation sites (N-methyl/N-ethyl adjacent to an activating group) is 1. The normalized spacial score (nSPS) is 23.0. The molecule has 0 spiro atoms. The number of carboxylic acid groups (broad SMARTS) is 1. The average molecular weight is 294 g/mol. The predicted molar refractivity (Wildman–Crippen MR) is 76.6 cm³/mol. The lowest BCUT2D eigenvalue weighted by molar-refractivity contribution is -0.154. The molecule has 1 atom stereocenters. The Bertz CT molecular complexity index is 500. The molecule has 1 unspecified atom stereocenters. The first-order valence-corrected chi connectivity index (χ1v) is 7.18. The van der Waals surface area contributed by atoms with E-state index in [0.717, 1.165) is 12.8 Å². The molecule has 1 saturated heterocycles. The lowest BCUT2D eigenvalue weighted by Crippen LogP contribution is -2.57. The minimum Gasteiger partial charge on any atom is -0.480 e. The number of piperidine rings is 1. The van der Waals surface area contributed by atoms with Gasteiger partial charge >= 0.3 is 5.97 Å². The fourth-order valence-electron chi connectivity index (χ4n) is 2.68. The van der Waals surface area contributed by atoms with Crippen LogP contribution < -0.4 is 0 Å². The van der Waals surface area contributed by atoms with Crippen LogP contribution in [0.25, 0.3) is 0 Å². The second-order valence-corrected chi connectivity index (χ2v) is 5.79. The number of aliphatic carboxylic acids is 1. The van der Waals surface area contributed by atoms with Gasteiger partial charge in [-0.25, -0.2) is 0 Å². The lowest BCUT2D eigenvalue weighted by atomic mass is 9.88. The standard InChI is InChI=1S/C15H22N2O4/c1-15(14(19)20)7-3-4-8-17(15)11-13(18)16(2)10-12-6-5-9-21-12/h5-6,9H,3-4,7-8,10-11H2,1-2H3,(H,19,20). The molecule has 6 nitrogen and oxygen atoms in total. The highest BCUT2D eigenvalue weighted by molar-refractivity contribution is 5.82. The third-order valence-corrected chi connectivity index (χ3v) is 4.23. The summed E-state index contributed by atoms with van der Waals surface area (Å²) >= 11 is 0. The highest BCUT2D eigenvalue weighted by atomic mass is 16.4.